The van der Waals surface area contributed by atoms with Gasteiger partial charge in [-0.2, -0.15) is 0 Å². The lowest BCUT2D eigenvalue weighted by atomic mass is 10.0. The number of fused-ring (bicyclic) bond motifs is 1. The van der Waals surface area contributed by atoms with Gasteiger partial charge in [0.05, 0.1) is 16.4 Å². The smallest absolute Gasteiger partial charge is 0.124 e. The van der Waals surface area contributed by atoms with E-state index in [2.05, 4.69) is 15.6 Å². The molecule has 0 amide bonds. The van der Waals surface area contributed by atoms with Gasteiger partial charge in [0, 0.05) is 19.8 Å². The Morgan fingerprint density at radius 3 is 2.84 bits per heavy atom. The first-order valence-electron chi connectivity index (χ1n) is 6.57. The van der Waals surface area contributed by atoms with Gasteiger partial charge in [-0.05, 0) is 30.9 Å². The van der Waals surface area contributed by atoms with E-state index in [0.29, 0.717) is 16.8 Å². The SMILES string of the molecule is ClCc1nc2c(Cl)cccc2n1CC1CCOCC1. The zero-order valence-electron chi connectivity index (χ0n) is 10.6. The molecule has 0 spiro atoms. The Hall–Kier alpha value is -0.770. The third kappa shape index (κ3) is 2.60. The molecular weight excluding hydrogens is 283 g/mol. The maximum Gasteiger partial charge on any atom is 0.124 e. The van der Waals surface area contributed by atoms with Gasteiger partial charge in [0.2, 0.25) is 0 Å². The van der Waals surface area contributed by atoms with Gasteiger partial charge in [-0.3, -0.25) is 0 Å². The lowest BCUT2D eigenvalue weighted by Crippen LogP contribution is -2.21. The first-order chi connectivity index (χ1) is 9.29. The molecule has 1 aromatic heterocycles. The summed E-state index contributed by atoms with van der Waals surface area (Å²) < 4.78 is 7.62. The van der Waals surface area contributed by atoms with Crippen molar-refractivity contribution in [2.45, 2.75) is 25.3 Å². The highest BCUT2D eigenvalue weighted by Gasteiger charge is 2.18. The van der Waals surface area contributed by atoms with Gasteiger partial charge >= 0.3 is 0 Å². The van der Waals surface area contributed by atoms with Crippen molar-refractivity contribution in [1.82, 2.24) is 9.55 Å². The molecular formula is C14H16Cl2N2O. The minimum atomic E-state index is 0.411. The average Bonchev–Trinajstić information content (AvgIpc) is 2.80. The van der Waals surface area contributed by atoms with Crippen LogP contribution in [0.2, 0.25) is 5.02 Å². The molecule has 1 aromatic carbocycles. The zero-order valence-corrected chi connectivity index (χ0v) is 12.1. The monoisotopic (exact) mass is 298 g/mol. The summed E-state index contributed by atoms with van der Waals surface area (Å²) in [5.41, 5.74) is 1.93. The first kappa shape index (κ1) is 13.2. The molecule has 0 unspecified atom stereocenters. The largest absolute Gasteiger partial charge is 0.381 e. The van der Waals surface area contributed by atoms with Gasteiger partial charge in [-0.25, -0.2) is 4.98 Å². The molecule has 2 heterocycles. The summed E-state index contributed by atoms with van der Waals surface area (Å²) in [6.07, 6.45) is 2.20. The summed E-state index contributed by atoms with van der Waals surface area (Å²) in [5.74, 6) is 1.94. The molecule has 0 saturated carbocycles. The zero-order chi connectivity index (χ0) is 13.2. The van der Waals surface area contributed by atoms with Gasteiger partial charge in [0.25, 0.3) is 0 Å². The number of hydrogen-bond donors (Lipinski definition) is 0. The molecule has 0 radical (unpaired) electrons. The van der Waals surface area contributed by atoms with Gasteiger partial charge in [0.1, 0.15) is 11.3 Å². The van der Waals surface area contributed by atoms with E-state index in [0.717, 1.165) is 49.5 Å². The van der Waals surface area contributed by atoms with Gasteiger partial charge in [0.15, 0.2) is 0 Å². The number of hydrogen-bond acceptors (Lipinski definition) is 2. The Morgan fingerprint density at radius 1 is 1.32 bits per heavy atom. The van der Waals surface area contributed by atoms with E-state index >= 15 is 0 Å². The van der Waals surface area contributed by atoms with Crippen LogP contribution in [0.5, 0.6) is 0 Å². The number of para-hydroxylation sites is 1. The highest BCUT2D eigenvalue weighted by Crippen LogP contribution is 2.27. The van der Waals surface area contributed by atoms with Crippen molar-refractivity contribution in [2.75, 3.05) is 13.2 Å². The van der Waals surface area contributed by atoms with E-state index in [9.17, 15) is 0 Å². The van der Waals surface area contributed by atoms with Crippen LogP contribution in [0, 0.1) is 5.92 Å². The molecule has 102 valence electrons. The van der Waals surface area contributed by atoms with E-state index in [1.165, 1.54) is 0 Å². The second-order valence-electron chi connectivity index (χ2n) is 4.94. The normalized spacial score (nSPS) is 17.2. The highest BCUT2D eigenvalue weighted by atomic mass is 35.5. The minimum Gasteiger partial charge on any atom is -0.381 e. The van der Waals surface area contributed by atoms with E-state index in [1.807, 2.05) is 12.1 Å². The Balaban J connectivity index is 1.98. The number of imidazole rings is 1. The van der Waals surface area contributed by atoms with Crippen molar-refractivity contribution in [3.8, 4) is 0 Å². The molecule has 0 bridgehead atoms. The van der Waals surface area contributed by atoms with Crippen molar-refractivity contribution >= 4 is 34.2 Å². The number of alkyl halides is 1. The summed E-state index contributed by atoms with van der Waals surface area (Å²) >= 11 is 12.2. The van der Waals surface area contributed by atoms with Crippen LogP contribution in [-0.4, -0.2) is 22.8 Å². The molecule has 0 atom stereocenters. The summed E-state index contributed by atoms with van der Waals surface area (Å²) in [6, 6.07) is 5.89. The molecule has 0 aliphatic carbocycles. The Kier molecular flexibility index (Phi) is 3.96. The van der Waals surface area contributed by atoms with Crippen LogP contribution in [0.4, 0.5) is 0 Å². The Labute approximate surface area is 122 Å². The molecule has 5 heteroatoms. The second-order valence-corrected chi connectivity index (χ2v) is 5.61. The number of rotatable bonds is 3. The summed E-state index contributed by atoms with van der Waals surface area (Å²) in [5, 5.41) is 0.689. The molecule has 19 heavy (non-hydrogen) atoms. The Bertz CT molecular complexity index is 576. The van der Waals surface area contributed by atoms with Crippen molar-refractivity contribution < 1.29 is 4.74 Å². The quantitative estimate of drug-likeness (QED) is 0.805. The van der Waals surface area contributed by atoms with Crippen LogP contribution in [0.25, 0.3) is 11.0 Å². The molecule has 3 nitrogen and oxygen atoms in total. The van der Waals surface area contributed by atoms with Crippen LogP contribution in [-0.2, 0) is 17.2 Å². The highest BCUT2D eigenvalue weighted by molar-refractivity contribution is 6.35. The van der Waals surface area contributed by atoms with E-state index in [-0.39, 0.29) is 0 Å². The number of nitrogens with zero attached hydrogens (tertiary/aromatic N) is 2. The third-order valence-corrected chi connectivity index (χ3v) is 4.25. The standard InChI is InChI=1S/C14H16Cl2N2O/c15-8-13-17-14-11(16)2-1-3-12(14)18(13)9-10-4-6-19-7-5-10/h1-3,10H,4-9H2. The Morgan fingerprint density at radius 2 is 2.11 bits per heavy atom. The minimum absolute atomic E-state index is 0.411. The number of aromatic nitrogens is 2. The fourth-order valence-electron chi connectivity index (χ4n) is 2.65. The third-order valence-electron chi connectivity index (χ3n) is 3.71. The van der Waals surface area contributed by atoms with Crippen molar-refractivity contribution in [2.24, 2.45) is 5.92 Å². The molecule has 0 N–H and O–H groups in total. The lowest BCUT2D eigenvalue weighted by molar-refractivity contribution is 0.0614. The van der Waals surface area contributed by atoms with Gasteiger partial charge in [-0.15, -0.1) is 11.6 Å². The van der Waals surface area contributed by atoms with Crippen molar-refractivity contribution in [3.63, 3.8) is 0 Å². The summed E-state index contributed by atoms with van der Waals surface area (Å²) in [4.78, 5) is 4.56. The molecule has 1 aliphatic rings. The number of halogens is 2. The maximum atomic E-state index is 6.20. The van der Waals surface area contributed by atoms with Crippen molar-refractivity contribution in [3.05, 3.63) is 29.0 Å². The predicted octanol–water partition coefficient (Wildman–Crippen LogP) is 3.86. The van der Waals surface area contributed by atoms with E-state index < -0.39 is 0 Å². The fourth-order valence-corrected chi connectivity index (χ4v) is 3.07. The van der Waals surface area contributed by atoms with Crippen LogP contribution in [0.3, 0.4) is 0 Å². The molecule has 1 saturated heterocycles. The maximum absolute atomic E-state index is 6.20. The van der Waals surface area contributed by atoms with E-state index in [4.69, 9.17) is 27.9 Å². The molecule has 2 aromatic rings. The number of ether oxygens (including phenoxy) is 1. The lowest BCUT2D eigenvalue weighted by Gasteiger charge is -2.23. The van der Waals surface area contributed by atoms with Crippen LogP contribution >= 0.6 is 23.2 Å². The summed E-state index contributed by atoms with van der Waals surface area (Å²) in [7, 11) is 0. The molecule has 3 rings (SSSR count). The van der Waals surface area contributed by atoms with Gasteiger partial charge in [-0.1, -0.05) is 17.7 Å². The number of benzene rings is 1. The van der Waals surface area contributed by atoms with Crippen LogP contribution in [0.15, 0.2) is 18.2 Å². The predicted molar refractivity (Wildman–Crippen MR) is 77.8 cm³/mol. The van der Waals surface area contributed by atoms with Crippen LogP contribution < -0.4 is 0 Å². The summed E-state index contributed by atoms with van der Waals surface area (Å²) in [6.45, 7) is 2.66. The fraction of sp³-hybridized carbons (Fsp3) is 0.500. The average molecular weight is 299 g/mol. The van der Waals surface area contributed by atoms with Gasteiger partial charge < -0.3 is 9.30 Å². The van der Waals surface area contributed by atoms with Crippen molar-refractivity contribution in [1.29, 1.82) is 0 Å². The second kappa shape index (κ2) is 5.70. The van der Waals surface area contributed by atoms with E-state index in [1.54, 1.807) is 0 Å². The first-order valence-corrected chi connectivity index (χ1v) is 7.48. The molecule has 1 aliphatic heterocycles. The molecule has 1 fully saturated rings. The van der Waals surface area contributed by atoms with Crippen LogP contribution in [0.1, 0.15) is 18.7 Å². The topological polar surface area (TPSA) is 27.1 Å².